The van der Waals surface area contributed by atoms with Crippen LogP contribution in [-0.4, -0.2) is 16.1 Å². The Balaban J connectivity index is 2.36. The average molecular weight is 321 g/mol. The summed E-state index contributed by atoms with van der Waals surface area (Å²) in [6.07, 6.45) is 1.34. The van der Waals surface area contributed by atoms with Crippen LogP contribution in [0.4, 0.5) is 11.5 Å². The van der Waals surface area contributed by atoms with Gasteiger partial charge in [0.05, 0.1) is 10.0 Å². The highest BCUT2D eigenvalue weighted by Crippen LogP contribution is 2.28. The minimum Gasteiger partial charge on any atom is -0.478 e. The molecule has 0 amide bonds. The maximum absolute atomic E-state index is 10.8. The fraction of sp³-hybridized carbons (Fsp3) is 0.143. The summed E-state index contributed by atoms with van der Waals surface area (Å²) < 4.78 is 0.620. The SMILES string of the molecule is Cc1cccc(C)c1Nc1ncc(C(=O)O)cc1Br. The predicted molar refractivity (Wildman–Crippen MR) is 78.1 cm³/mol. The van der Waals surface area contributed by atoms with Crippen LogP contribution in [0.15, 0.2) is 34.9 Å². The number of hydrogen-bond donors (Lipinski definition) is 2. The van der Waals surface area contributed by atoms with E-state index >= 15 is 0 Å². The number of anilines is 2. The summed E-state index contributed by atoms with van der Waals surface area (Å²) in [5.74, 6) is -0.394. The molecule has 1 heterocycles. The molecule has 2 N–H and O–H groups in total. The number of rotatable bonds is 3. The molecule has 1 aromatic heterocycles. The Bertz CT molecular complexity index is 621. The Morgan fingerprint density at radius 2 is 1.95 bits per heavy atom. The Labute approximate surface area is 119 Å². The summed E-state index contributed by atoms with van der Waals surface area (Å²) in [4.78, 5) is 15.0. The highest BCUT2D eigenvalue weighted by Gasteiger charge is 2.10. The number of halogens is 1. The van der Waals surface area contributed by atoms with Gasteiger partial charge in [0.2, 0.25) is 0 Å². The quantitative estimate of drug-likeness (QED) is 0.900. The van der Waals surface area contributed by atoms with Gasteiger partial charge in [0.25, 0.3) is 0 Å². The molecule has 0 fully saturated rings. The number of benzene rings is 1. The van der Waals surface area contributed by atoms with E-state index in [9.17, 15) is 4.79 Å². The average Bonchev–Trinajstić information content (AvgIpc) is 2.35. The van der Waals surface area contributed by atoms with E-state index in [2.05, 4.69) is 26.2 Å². The summed E-state index contributed by atoms with van der Waals surface area (Å²) in [6.45, 7) is 4.02. The van der Waals surface area contributed by atoms with Crippen molar-refractivity contribution < 1.29 is 9.90 Å². The Hall–Kier alpha value is -1.88. The topological polar surface area (TPSA) is 62.2 Å². The summed E-state index contributed by atoms with van der Waals surface area (Å²) in [7, 11) is 0. The molecular weight excluding hydrogens is 308 g/mol. The van der Waals surface area contributed by atoms with Gasteiger partial charge in [-0.25, -0.2) is 9.78 Å². The van der Waals surface area contributed by atoms with Crippen molar-refractivity contribution in [2.75, 3.05) is 5.32 Å². The van der Waals surface area contributed by atoms with Gasteiger partial charge in [-0.2, -0.15) is 0 Å². The third kappa shape index (κ3) is 2.93. The van der Waals surface area contributed by atoms with E-state index in [0.717, 1.165) is 16.8 Å². The first kappa shape index (κ1) is 13.5. The second-order valence-electron chi connectivity index (χ2n) is 4.25. The van der Waals surface area contributed by atoms with Gasteiger partial charge >= 0.3 is 5.97 Å². The Morgan fingerprint density at radius 1 is 1.32 bits per heavy atom. The zero-order valence-electron chi connectivity index (χ0n) is 10.6. The number of carboxylic acids is 1. The van der Waals surface area contributed by atoms with E-state index in [-0.39, 0.29) is 5.56 Å². The molecule has 0 bridgehead atoms. The van der Waals surface area contributed by atoms with E-state index < -0.39 is 5.97 Å². The van der Waals surface area contributed by atoms with E-state index in [4.69, 9.17) is 5.11 Å². The molecular formula is C14H13BrN2O2. The number of aryl methyl sites for hydroxylation is 2. The number of aromatic carboxylic acids is 1. The lowest BCUT2D eigenvalue weighted by Gasteiger charge is -2.13. The lowest BCUT2D eigenvalue weighted by atomic mass is 10.1. The Morgan fingerprint density at radius 3 is 2.47 bits per heavy atom. The third-order valence-electron chi connectivity index (χ3n) is 2.81. The van der Waals surface area contributed by atoms with Crippen molar-refractivity contribution in [1.82, 2.24) is 4.98 Å². The number of aromatic nitrogens is 1. The number of carboxylic acid groups (broad SMARTS) is 1. The van der Waals surface area contributed by atoms with E-state index in [1.165, 1.54) is 12.3 Å². The first-order valence-corrected chi connectivity index (χ1v) is 6.50. The lowest BCUT2D eigenvalue weighted by molar-refractivity contribution is 0.0696. The molecule has 98 valence electrons. The minimum atomic E-state index is -0.994. The number of para-hydroxylation sites is 1. The van der Waals surface area contributed by atoms with Crippen LogP contribution in [0.1, 0.15) is 21.5 Å². The van der Waals surface area contributed by atoms with Crippen molar-refractivity contribution >= 4 is 33.4 Å². The monoisotopic (exact) mass is 320 g/mol. The van der Waals surface area contributed by atoms with E-state index in [0.29, 0.717) is 10.3 Å². The van der Waals surface area contributed by atoms with Crippen LogP contribution < -0.4 is 5.32 Å². The van der Waals surface area contributed by atoms with Gasteiger partial charge in [-0.3, -0.25) is 0 Å². The zero-order valence-corrected chi connectivity index (χ0v) is 12.2. The Kier molecular flexibility index (Phi) is 3.85. The maximum atomic E-state index is 10.8. The molecule has 0 atom stereocenters. The van der Waals surface area contributed by atoms with E-state index in [1.807, 2.05) is 32.0 Å². The zero-order chi connectivity index (χ0) is 14.0. The lowest BCUT2D eigenvalue weighted by Crippen LogP contribution is -2.02. The van der Waals surface area contributed by atoms with Crippen LogP contribution in [-0.2, 0) is 0 Å². The van der Waals surface area contributed by atoms with Gasteiger partial charge in [0.1, 0.15) is 5.82 Å². The van der Waals surface area contributed by atoms with Gasteiger partial charge in [-0.1, -0.05) is 18.2 Å². The molecule has 0 saturated heterocycles. The van der Waals surface area contributed by atoms with Crippen molar-refractivity contribution in [3.8, 4) is 0 Å². The predicted octanol–water partition coefficient (Wildman–Crippen LogP) is 3.90. The maximum Gasteiger partial charge on any atom is 0.337 e. The summed E-state index contributed by atoms with van der Waals surface area (Å²) in [5, 5.41) is 12.1. The van der Waals surface area contributed by atoms with Crippen LogP contribution in [0, 0.1) is 13.8 Å². The molecule has 2 rings (SSSR count). The summed E-state index contributed by atoms with van der Waals surface area (Å²) >= 11 is 3.33. The summed E-state index contributed by atoms with van der Waals surface area (Å²) in [6, 6.07) is 7.54. The standard InChI is InChI=1S/C14H13BrN2O2/c1-8-4-3-5-9(2)12(8)17-13-11(15)6-10(7-16-13)14(18)19/h3-7H,1-2H3,(H,16,17)(H,18,19). The van der Waals surface area contributed by atoms with Crippen LogP contribution in [0.25, 0.3) is 0 Å². The molecule has 0 aliphatic rings. The van der Waals surface area contributed by atoms with Crippen molar-refractivity contribution in [2.45, 2.75) is 13.8 Å². The van der Waals surface area contributed by atoms with Gasteiger partial charge < -0.3 is 10.4 Å². The van der Waals surface area contributed by atoms with E-state index in [1.54, 1.807) is 0 Å². The van der Waals surface area contributed by atoms with Crippen LogP contribution in [0.2, 0.25) is 0 Å². The molecule has 2 aromatic rings. The minimum absolute atomic E-state index is 0.152. The van der Waals surface area contributed by atoms with Crippen molar-refractivity contribution in [1.29, 1.82) is 0 Å². The second kappa shape index (κ2) is 5.40. The number of nitrogens with zero attached hydrogens (tertiary/aromatic N) is 1. The highest BCUT2D eigenvalue weighted by molar-refractivity contribution is 9.10. The fourth-order valence-electron chi connectivity index (χ4n) is 1.78. The van der Waals surface area contributed by atoms with Crippen molar-refractivity contribution in [3.05, 3.63) is 51.6 Å². The van der Waals surface area contributed by atoms with Crippen molar-refractivity contribution in [2.24, 2.45) is 0 Å². The van der Waals surface area contributed by atoms with Crippen LogP contribution >= 0.6 is 15.9 Å². The molecule has 0 aliphatic carbocycles. The van der Waals surface area contributed by atoms with Crippen LogP contribution in [0.5, 0.6) is 0 Å². The van der Waals surface area contributed by atoms with Gasteiger partial charge in [0.15, 0.2) is 0 Å². The summed E-state index contributed by atoms with van der Waals surface area (Å²) in [5.41, 5.74) is 3.35. The molecule has 19 heavy (non-hydrogen) atoms. The smallest absolute Gasteiger partial charge is 0.337 e. The molecule has 1 aromatic carbocycles. The number of carbonyl (C=O) groups is 1. The molecule has 0 saturated carbocycles. The van der Waals surface area contributed by atoms with Crippen LogP contribution in [0.3, 0.4) is 0 Å². The molecule has 0 unspecified atom stereocenters. The molecule has 5 heteroatoms. The molecule has 0 radical (unpaired) electrons. The van der Waals surface area contributed by atoms with Gasteiger partial charge in [-0.15, -0.1) is 0 Å². The fourth-order valence-corrected chi connectivity index (χ4v) is 2.23. The first-order valence-electron chi connectivity index (χ1n) is 5.71. The molecule has 0 spiro atoms. The second-order valence-corrected chi connectivity index (χ2v) is 5.11. The normalized spacial score (nSPS) is 10.3. The number of hydrogen-bond acceptors (Lipinski definition) is 3. The molecule has 0 aliphatic heterocycles. The van der Waals surface area contributed by atoms with Gasteiger partial charge in [0, 0.05) is 11.9 Å². The first-order chi connectivity index (χ1) is 8.99. The number of pyridine rings is 1. The number of nitrogens with one attached hydrogen (secondary N) is 1. The highest BCUT2D eigenvalue weighted by atomic mass is 79.9. The largest absolute Gasteiger partial charge is 0.478 e. The third-order valence-corrected chi connectivity index (χ3v) is 3.42. The van der Waals surface area contributed by atoms with Crippen molar-refractivity contribution in [3.63, 3.8) is 0 Å². The molecule has 4 nitrogen and oxygen atoms in total. The van der Waals surface area contributed by atoms with Gasteiger partial charge in [-0.05, 0) is 47.0 Å².